The van der Waals surface area contributed by atoms with Gasteiger partial charge in [0.25, 0.3) is 5.91 Å². The van der Waals surface area contributed by atoms with Crippen molar-refractivity contribution in [3.05, 3.63) is 22.7 Å². The number of likely N-dealkylation sites (N-methyl/N-ethyl adjacent to an activating group) is 1. The molecule has 0 saturated heterocycles. The van der Waals surface area contributed by atoms with Crippen molar-refractivity contribution in [3.63, 3.8) is 0 Å². The number of carbonyl (C=O) groups excluding carboxylic acids is 2. The standard InChI is InChI=1S/C18H27ClN2O4/c1-11(2)25-16-13(19)8-12(9-14(16)24-7)17(23)21(6)10-15(22)20-18(3,4)5/h8-9,11H,10H2,1-7H3,(H,20,22). The van der Waals surface area contributed by atoms with Crippen LogP contribution in [0.3, 0.4) is 0 Å². The third-order valence-electron chi connectivity index (χ3n) is 3.07. The van der Waals surface area contributed by atoms with E-state index in [-0.39, 0.29) is 35.0 Å². The molecular formula is C18H27ClN2O4. The molecule has 1 rings (SSSR count). The van der Waals surface area contributed by atoms with Crippen LogP contribution in [0, 0.1) is 0 Å². The normalized spacial score (nSPS) is 11.2. The monoisotopic (exact) mass is 370 g/mol. The van der Waals surface area contributed by atoms with E-state index < -0.39 is 0 Å². The largest absolute Gasteiger partial charge is 0.493 e. The van der Waals surface area contributed by atoms with Crippen molar-refractivity contribution in [2.45, 2.75) is 46.3 Å². The molecule has 25 heavy (non-hydrogen) atoms. The average molecular weight is 371 g/mol. The number of hydrogen-bond acceptors (Lipinski definition) is 4. The number of amides is 2. The predicted octanol–water partition coefficient (Wildman–Crippen LogP) is 3.12. The zero-order valence-corrected chi connectivity index (χ0v) is 16.7. The van der Waals surface area contributed by atoms with Gasteiger partial charge in [0.15, 0.2) is 11.5 Å². The van der Waals surface area contributed by atoms with Gasteiger partial charge in [-0.2, -0.15) is 0 Å². The summed E-state index contributed by atoms with van der Waals surface area (Å²) in [6.07, 6.45) is -0.0864. The highest BCUT2D eigenvalue weighted by atomic mass is 35.5. The fourth-order valence-corrected chi connectivity index (χ4v) is 2.41. The lowest BCUT2D eigenvalue weighted by Gasteiger charge is -2.24. The summed E-state index contributed by atoms with van der Waals surface area (Å²) in [5.41, 5.74) is -0.0346. The fourth-order valence-electron chi connectivity index (χ4n) is 2.16. The molecule has 0 heterocycles. The lowest BCUT2D eigenvalue weighted by molar-refractivity contribution is -0.122. The molecule has 0 bridgehead atoms. The highest BCUT2D eigenvalue weighted by molar-refractivity contribution is 6.32. The van der Waals surface area contributed by atoms with Gasteiger partial charge >= 0.3 is 0 Å². The smallest absolute Gasteiger partial charge is 0.254 e. The van der Waals surface area contributed by atoms with Crippen molar-refractivity contribution in [1.82, 2.24) is 10.2 Å². The van der Waals surface area contributed by atoms with Crippen LogP contribution in [0.5, 0.6) is 11.5 Å². The molecule has 0 aliphatic heterocycles. The molecule has 0 aliphatic rings. The second-order valence-electron chi connectivity index (χ2n) is 7.12. The van der Waals surface area contributed by atoms with E-state index in [4.69, 9.17) is 21.1 Å². The lowest BCUT2D eigenvalue weighted by Crippen LogP contribution is -2.46. The molecule has 140 valence electrons. The SMILES string of the molecule is COc1cc(C(=O)N(C)CC(=O)NC(C)(C)C)cc(Cl)c1OC(C)C. The van der Waals surface area contributed by atoms with E-state index in [9.17, 15) is 9.59 Å². The van der Waals surface area contributed by atoms with Crippen molar-refractivity contribution in [3.8, 4) is 11.5 Å². The van der Waals surface area contributed by atoms with E-state index >= 15 is 0 Å². The number of nitrogens with one attached hydrogen (secondary N) is 1. The van der Waals surface area contributed by atoms with Crippen LogP contribution < -0.4 is 14.8 Å². The number of rotatable bonds is 6. The minimum absolute atomic E-state index is 0.0553. The summed E-state index contributed by atoms with van der Waals surface area (Å²) in [5.74, 6) is 0.197. The third-order valence-corrected chi connectivity index (χ3v) is 3.35. The minimum atomic E-state index is -0.358. The lowest BCUT2D eigenvalue weighted by atomic mass is 10.1. The van der Waals surface area contributed by atoms with Gasteiger partial charge in [-0.1, -0.05) is 11.6 Å². The molecule has 1 N–H and O–H groups in total. The van der Waals surface area contributed by atoms with E-state index in [1.54, 1.807) is 13.1 Å². The summed E-state index contributed by atoms with van der Waals surface area (Å²) in [6, 6.07) is 3.08. The Morgan fingerprint density at radius 3 is 2.36 bits per heavy atom. The molecule has 0 spiro atoms. The Morgan fingerprint density at radius 2 is 1.88 bits per heavy atom. The van der Waals surface area contributed by atoms with Gasteiger partial charge in [0.2, 0.25) is 5.91 Å². The average Bonchev–Trinajstić information content (AvgIpc) is 2.45. The summed E-state index contributed by atoms with van der Waals surface area (Å²) in [5, 5.41) is 3.10. The van der Waals surface area contributed by atoms with Crippen LogP contribution in [-0.2, 0) is 4.79 Å². The highest BCUT2D eigenvalue weighted by Gasteiger charge is 2.22. The first-order chi connectivity index (χ1) is 11.4. The Bertz CT molecular complexity index is 639. The summed E-state index contributed by atoms with van der Waals surface area (Å²) in [7, 11) is 3.04. The molecule has 1 aromatic carbocycles. The maximum Gasteiger partial charge on any atom is 0.254 e. The van der Waals surface area contributed by atoms with Gasteiger partial charge in [-0.05, 0) is 46.8 Å². The van der Waals surface area contributed by atoms with E-state index in [0.717, 1.165) is 0 Å². The van der Waals surface area contributed by atoms with Crippen LogP contribution in [0.2, 0.25) is 5.02 Å². The fraction of sp³-hybridized carbons (Fsp3) is 0.556. The van der Waals surface area contributed by atoms with Crippen LogP contribution in [0.1, 0.15) is 45.0 Å². The van der Waals surface area contributed by atoms with Crippen molar-refractivity contribution >= 4 is 23.4 Å². The Kier molecular flexibility index (Phi) is 7.11. The third kappa shape index (κ3) is 6.46. The number of benzene rings is 1. The number of carbonyl (C=O) groups is 2. The van der Waals surface area contributed by atoms with Gasteiger partial charge in [-0.15, -0.1) is 0 Å². The molecule has 0 aromatic heterocycles. The Labute approximate surface area is 154 Å². The molecule has 0 unspecified atom stereocenters. The van der Waals surface area contributed by atoms with Crippen LogP contribution in [-0.4, -0.2) is 49.1 Å². The second kappa shape index (κ2) is 8.43. The van der Waals surface area contributed by atoms with E-state index in [1.165, 1.54) is 18.1 Å². The van der Waals surface area contributed by atoms with Crippen molar-refractivity contribution in [2.75, 3.05) is 20.7 Å². The summed E-state index contributed by atoms with van der Waals surface area (Å²) in [6.45, 7) is 9.33. The Morgan fingerprint density at radius 1 is 1.28 bits per heavy atom. The predicted molar refractivity (Wildman–Crippen MR) is 98.6 cm³/mol. The molecule has 0 radical (unpaired) electrons. The highest BCUT2D eigenvalue weighted by Crippen LogP contribution is 2.37. The molecule has 2 amide bonds. The van der Waals surface area contributed by atoms with E-state index in [1.807, 2.05) is 34.6 Å². The maximum atomic E-state index is 12.6. The molecule has 1 aromatic rings. The zero-order valence-electron chi connectivity index (χ0n) is 15.9. The topological polar surface area (TPSA) is 67.9 Å². The van der Waals surface area contributed by atoms with Gasteiger partial charge in [0.05, 0.1) is 24.8 Å². The number of halogens is 1. The van der Waals surface area contributed by atoms with Gasteiger partial charge in [0.1, 0.15) is 0 Å². The number of hydrogen-bond donors (Lipinski definition) is 1. The number of methoxy groups -OCH3 is 1. The maximum absolute atomic E-state index is 12.6. The Balaban J connectivity index is 2.98. The molecule has 0 saturated carbocycles. The van der Waals surface area contributed by atoms with Gasteiger partial charge in [0, 0.05) is 18.2 Å². The summed E-state index contributed by atoms with van der Waals surface area (Å²) < 4.78 is 10.9. The zero-order chi connectivity index (χ0) is 19.4. The minimum Gasteiger partial charge on any atom is -0.493 e. The molecular weight excluding hydrogens is 344 g/mol. The first-order valence-corrected chi connectivity index (χ1v) is 8.43. The summed E-state index contributed by atoms with van der Waals surface area (Å²) >= 11 is 6.24. The van der Waals surface area contributed by atoms with E-state index in [0.29, 0.717) is 17.1 Å². The first-order valence-electron chi connectivity index (χ1n) is 8.05. The molecule has 6 nitrogen and oxygen atoms in total. The quantitative estimate of drug-likeness (QED) is 0.835. The van der Waals surface area contributed by atoms with Gasteiger partial charge < -0.3 is 19.7 Å². The van der Waals surface area contributed by atoms with Crippen LogP contribution in [0.25, 0.3) is 0 Å². The van der Waals surface area contributed by atoms with Gasteiger partial charge in [-0.25, -0.2) is 0 Å². The van der Waals surface area contributed by atoms with Crippen LogP contribution in [0.15, 0.2) is 12.1 Å². The molecule has 0 atom stereocenters. The second-order valence-corrected chi connectivity index (χ2v) is 7.52. The van der Waals surface area contributed by atoms with Crippen LogP contribution in [0.4, 0.5) is 0 Å². The number of nitrogens with zero attached hydrogens (tertiary/aromatic N) is 1. The van der Waals surface area contributed by atoms with Crippen molar-refractivity contribution < 1.29 is 19.1 Å². The molecule has 7 heteroatoms. The van der Waals surface area contributed by atoms with E-state index in [2.05, 4.69) is 5.32 Å². The Hall–Kier alpha value is -1.95. The van der Waals surface area contributed by atoms with Crippen LogP contribution >= 0.6 is 11.6 Å². The van der Waals surface area contributed by atoms with Gasteiger partial charge in [-0.3, -0.25) is 9.59 Å². The molecule has 0 aliphatic carbocycles. The van der Waals surface area contributed by atoms with Crippen molar-refractivity contribution in [2.24, 2.45) is 0 Å². The number of ether oxygens (including phenoxy) is 2. The van der Waals surface area contributed by atoms with Crippen molar-refractivity contribution in [1.29, 1.82) is 0 Å². The first kappa shape index (κ1) is 21.1. The molecule has 0 fully saturated rings. The summed E-state index contributed by atoms with van der Waals surface area (Å²) in [4.78, 5) is 25.9.